The van der Waals surface area contributed by atoms with Crippen molar-refractivity contribution in [2.45, 2.75) is 37.5 Å². The number of methoxy groups -OCH3 is 2. The second kappa shape index (κ2) is 7.74. The molecule has 0 spiro atoms. The van der Waals surface area contributed by atoms with E-state index in [-0.39, 0.29) is 54.6 Å². The quantitative estimate of drug-likeness (QED) is 0.545. The molecule has 2 aliphatic carbocycles. The normalized spacial score (nSPS) is 24.4. The van der Waals surface area contributed by atoms with Crippen LogP contribution in [0.5, 0.6) is 11.5 Å². The number of hydrogen-bond acceptors (Lipinski definition) is 6. The van der Waals surface area contributed by atoms with Crippen LogP contribution in [0.1, 0.15) is 37.7 Å². The average Bonchev–Trinajstić information content (AvgIpc) is 3.52. The summed E-state index contributed by atoms with van der Waals surface area (Å²) in [5, 5.41) is 9.84. The highest BCUT2D eigenvalue weighted by Crippen LogP contribution is 2.46. The van der Waals surface area contributed by atoms with Crippen molar-refractivity contribution in [2.24, 2.45) is 11.8 Å². The first-order valence-electron chi connectivity index (χ1n) is 9.08. The number of ether oxygens (including phenoxy) is 3. The summed E-state index contributed by atoms with van der Waals surface area (Å²) >= 11 is 0. The Morgan fingerprint density at radius 3 is 2.61 bits per heavy atom. The fraction of sp³-hybridized carbons (Fsp3) is 0.550. The molecule has 2 atom stereocenters. The Bertz CT molecular complexity index is 838. The van der Waals surface area contributed by atoms with Gasteiger partial charge in [-0.1, -0.05) is 0 Å². The standard InChI is InChI=1S/C20H21F2NO5/c1-26-17-14(21)7-13(16(22)18(17)28-9-11-3-4-11)20(10-23)6-5-15(24)12(8-20)19(25)27-2/h7,11-12H,3-6,8-9H2,1-2H3. The van der Waals surface area contributed by atoms with Gasteiger partial charge in [0.05, 0.1) is 32.3 Å². The monoisotopic (exact) mass is 393 g/mol. The Kier molecular flexibility index (Phi) is 5.54. The van der Waals surface area contributed by atoms with Crippen LogP contribution in [0.25, 0.3) is 0 Å². The van der Waals surface area contributed by atoms with Gasteiger partial charge < -0.3 is 14.2 Å². The summed E-state index contributed by atoms with van der Waals surface area (Å²) in [6.07, 6.45) is 1.49. The summed E-state index contributed by atoms with van der Waals surface area (Å²) in [6, 6.07) is 2.90. The number of nitrogens with zero attached hydrogens (tertiary/aromatic N) is 1. The van der Waals surface area contributed by atoms with Crippen molar-refractivity contribution >= 4 is 11.8 Å². The van der Waals surface area contributed by atoms with Gasteiger partial charge in [0.15, 0.2) is 17.4 Å². The molecule has 0 heterocycles. The van der Waals surface area contributed by atoms with Gasteiger partial charge in [0.2, 0.25) is 5.75 Å². The maximum atomic E-state index is 15.4. The van der Waals surface area contributed by atoms with Crippen molar-refractivity contribution in [3.63, 3.8) is 0 Å². The third-order valence-corrected chi connectivity index (χ3v) is 5.45. The Labute approximate surface area is 161 Å². The summed E-state index contributed by atoms with van der Waals surface area (Å²) < 4.78 is 45.1. The predicted molar refractivity (Wildman–Crippen MR) is 92.8 cm³/mol. The highest BCUT2D eigenvalue weighted by Gasteiger charge is 2.47. The molecule has 3 rings (SSSR count). The van der Waals surface area contributed by atoms with E-state index in [1.165, 1.54) is 7.11 Å². The maximum absolute atomic E-state index is 15.4. The largest absolute Gasteiger partial charge is 0.490 e. The minimum Gasteiger partial charge on any atom is -0.490 e. The zero-order valence-electron chi connectivity index (χ0n) is 15.7. The third kappa shape index (κ3) is 3.53. The molecule has 2 fully saturated rings. The van der Waals surface area contributed by atoms with Crippen LogP contribution in [0, 0.1) is 34.8 Å². The lowest BCUT2D eigenvalue weighted by Crippen LogP contribution is -2.41. The minimum atomic E-state index is -1.55. The molecule has 8 heteroatoms. The fourth-order valence-corrected chi connectivity index (χ4v) is 3.58. The van der Waals surface area contributed by atoms with Crippen LogP contribution in [0.2, 0.25) is 0 Å². The first kappa shape index (κ1) is 20.1. The summed E-state index contributed by atoms with van der Waals surface area (Å²) in [5.41, 5.74) is -1.79. The van der Waals surface area contributed by atoms with Gasteiger partial charge in [-0.25, -0.2) is 8.78 Å². The second-order valence-corrected chi connectivity index (χ2v) is 7.28. The van der Waals surface area contributed by atoms with Crippen LogP contribution in [0.4, 0.5) is 8.78 Å². The van der Waals surface area contributed by atoms with Gasteiger partial charge >= 0.3 is 5.97 Å². The number of carbonyl (C=O) groups is 2. The third-order valence-electron chi connectivity index (χ3n) is 5.45. The number of Topliss-reactive ketones (excluding diaryl/α,β-unsaturated/α-hetero) is 1. The molecule has 2 saturated carbocycles. The van der Waals surface area contributed by atoms with Crippen molar-refractivity contribution in [2.75, 3.05) is 20.8 Å². The van der Waals surface area contributed by atoms with Gasteiger partial charge in [-0.2, -0.15) is 5.26 Å². The highest BCUT2D eigenvalue weighted by molar-refractivity contribution is 6.00. The molecule has 6 nitrogen and oxygen atoms in total. The van der Waals surface area contributed by atoms with Gasteiger partial charge in [0.25, 0.3) is 0 Å². The van der Waals surface area contributed by atoms with Gasteiger partial charge in [0, 0.05) is 12.0 Å². The maximum Gasteiger partial charge on any atom is 0.316 e. The van der Waals surface area contributed by atoms with Crippen molar-refractivity contribution in [3.05, 3.63) is 23.3 Å². The highest BCUT2D eigenvalue weighted by atomic mass is 19.1. The number of ketones is 1. The van der Waals surface area contributed by atoms with Crippen LogP contribution in [-0.2, 0) is 19.7 Å². The summed E-state index contributed by atoms with van der Waals surface area (Å²) in [7, 11) is 2.34. The predicted octanol–water partition coefficient (Wildman–Crippen LogP) is 3.07. The molecule has 2 aliphatic rings. The molecule has 0 amide bonds. The lowest BCUT2D eigenvalue weighted by molar-refractivity contribution is -0.151. The van der Waals surface area contributed by atoms with Crippen LogP contribution in [0.15, 0.2) is 6.07 Å². The molecular formula is C20H21F2NO5. The smallest absolute Gasteiger partial charge is 0.316 e. The summed E-state index contributed by atoms with van der Waals surface area (Å²) in [6.45, 7) is 0.221. The molecule has 0 bridgehead atoms. The van der Waals surface area contributed by atoms with Crippen LogP contribution < -0.4 is 9.47 Å². The molecule has 0 N–H and O–H groups in total. The van der Waals surface area contributed by atoms with Crippen LogP contribution in [-0.4, -0.2) is 32.6 Å². The van der Waals surface area contributed by atoms with E-state index in [1.54, 1.807) is 0 Å². The Morgan fingerprint density at radius 1 is 1.32 bits per heavy atom. The van der Waals surface area contributed by atoms with Crippen molar-refractivity contribution in [1.82, 2.24) is 0 Å². The van der Waals surface area contributed by atoms with E-state index in [1.807, 2.05) is 6.07 Å². The van der Waals surface area contributed by atoms with Crippen LogP contribution in [0.3, 0.4) is 0 Å². The molecule has 0 aromatic heterocycles. The number of nitriles is 1. The van der Waals surface area contributed by atoms with Gasteiger partial charge in [-0.3, -0.25) is 9.59 Å². The van der Waals surface area contributed by atoms with Gasteiger partial charge in [-0.15, -0.1) is 0 Å². The van der Waals surface area contributed by atoms with Gasteiger partial charge in [-0.05, 0) is 37.7 Å². The molecule has 0 saturated heterocycles. The lowest BCUT2D eigenvalue weighted by atomic mass is 9.66. The van der Waals surface area contributed by atoms with Gasteiger partial charge in [0.1, 0.15) is 11.7 Å². The number of esters is 1. The zero-order chi connectivity index (χ0) is 20.5. The number of carbonyl (C=O) groups excluding carboxylic acids is 2. The van der Waals surface area contributed by atoms with E-state index >= 15 is 4.39 Å². The van der Waals surface area contributed by atoms with E-state index < -0.39 is 28.9 Å². The van der Waals surface area contributed by atoms with E-state index in [0.29, 0.717) is 0 Å². The molecule has 0 aliphatic heterocycles. The first-order valence-corrected chi connectivity index (χ1v) is 9.08. The van der Waals surface area contributed by atoms with E-state index in [4.69, 9.17) is 9.47 Å². The average molecular weight is 393 g/mol. The second-order valence-electron chi connectivity index (χ2n) is 7.28. The van der Waals surface area contributed by atoms with Crippen molar-refractivity contribution in [3.8, 4) is 17.6 Å². The Hall–Kier alpha value is -2.69. The SMILES string of the molecule is COC(=O)C1CC(C#N)(c2cc(F)c(OC)c(OCC3CC3)c2F)CCC1=O. The zero-order valence-corrected chi connectivity index (χ0v) is 15.7. The minimum absolute atomic E-state index is 0.0272. The van der Waals surface area contributed by atoms with Crippen LogP contribution >= 0.6 is 0 Å². The van der Waals surface area contributed by atoms with E-state index in [0.717, 1.165) is 26.0 Å². The molecule has 2 unspecified atom stereocenters. The lowest BCUT2D eigenvalue weighted by Gasteiger charge is -2.34. The van der Waals surface area contributed by atoms with E-state index in [9.17, 15) is 19.2 Å². The first-order chi connectivity index (χ1) is 13.4. The fourth-order valence-electron chi connectivity index (χ4n) is 3.58. The van der Waals surface area contributed by atoms with Crippen molar-refractivity contribution < 1.29 is 32.6 Å². The molecule has 0 radical (unpaired) electrons. The molecule has 1 aromatic carbocycles. The molecule has 1 aromatic rings. The molecular weight excluding hydrogens is 372 g/mol. The molecule has 28 heavy (non-hydrogen) atoms. The molecule has 150 valence electrons. The summed E-state index contributed by atoms with van der Waals surface area (Å²) in [5.74, 6) is -4.60. The number of benzene rings is 1. The number of halogens is 2. The topological polar surface area (TPSA) is 85.6 Å². The Balaban J connectivity index is 2.05. The van der Waals surface area contributed by atoms with E-state index in [2.05, 4.69) is 4.74 Å². The summed E-state index contributed by atoms with van der Waals surface area (Å²) in [4.78, 5) is 24.1. The Morgan fingerprint density at radius 2 is 2.04 bits per heavy atom. The van der Waals surface area contributed by atoms with Crippen molar-refractivity contribution in [1.29, 1.82) is 5.26 Å². The number of hydrogen-bond donors (Lipinski definition) is 0. The number of rotatable bonds is 6.